The molecule has 1 saturated heterocycles. The van der Waals surface area contributed by atoms with E-state index in [1.807, 2.05) is 42.8 Å². The van der Waals surface area contributed by atoms with Gasteiger partial charge >= 0.3 is 0 Å². The zero-order valence-electron chi connectivity index (χ0n) is 17.0. The Labute approximate surface area is 173 Å². The van der Waals surface area contributed by atoms with E-state index in [0.29, 0.717) is 37.1 Å². The van der Waals surface area contributed by atoms with Crippen molar-refractivity contribution in [3.05, 3.63) is 51.8 Å². The molecule has 1 aliphatic heterocycles. The lowest BCUT2D eigenvalue weighted by molar-refractivity contribution is 0.263. The second-order valence-corrected chi connectivity index (χ2v) is 10.2. The van der Waals surface area contributed by atoms with Crippen LogP contribution in [0.2, 0.25) is 5.02 Å². The Balaban J connectivity index is 1.79. The topological polar surface area (TPSA) is 58.4 Å². The van der Waals surface area contributed by atoms with Crippen LogP contribution in [0.1, 0.15) is 42.3 Å². The standard InChI is InChI=1S/C20H29ClN4O2S/c1-15-8-7-11-24(12-15)28(26,27)23(4)14-19-16(2)22-25(17(19)3)13-18-9-5-6-10-20(18)21/h5-6,9-10,15H,7-8,11-14H2,1-4H3/t15-/m0/s1. The fourth-order valence-corrected chi connectivity index (χ4v) is 5.45. The first kappa shape index (κ1) is 21.3. The molecule has 154 valence electrons. The number of hydrogen-bond donors (Lipinski definition) is 0. The van der Waals surface area contributed by atoms with Crippen LogP contribution in [0.25, 0.3) is 0 Å². The molecule has 28 heavy (non-hydrogen) atoms. The maximum absolute atomic E-state index is 13.0. The number of benzene rings is 1. The maximum atomic E-state index is 13.0. The quantitative estimate of drug-likeness (QED) is 0.711. The molecule has 0 bridgehead atoms. The highest BCUT2D eigenvalue weighted by Crippen LogP contribution is 2.24. The van der Waals surface area contributed by atoms with Gasteiger partial charge in [-0.15, -0.1) is 0 Å². The number of aromatic nitrogens is 2. The van der Waals surface area contributed by atoms with Crippen LogP contribution in [-0.4, -0.2) is 46.9 Å². The zero-order chi connectivity index (χ0) is 20.5. The van der Waals surface area contributed by atoms with E-state index in [2.05, 4.69) is 12.0 Å². The van der Waals surface area contributed by atoms with Crippen molar-refractivity contribution in [1.29, 1.82) is 0 Å². The van der Waals surface area contributed by atoms with Crippen LogP contribution in [-0.2, 0) is 23.3 Å². The van der Waals surface area contributed by atoms with Gasteiger partial charge in [-0.25, -0.2) is 0 Å². The third-order valence-corrected chi connectivity index (χ3v) is 7.80. The van der Waals surface area contributed by atoms with E-state index in [4.69, 9.17) is 11.6 Å². The first-order valence-corrected chi connectivity index (χ1v) is 11.5. The van der Waals surface area contributed by atoms with Crippen molar-refractivity contribution in [2.24, 2.45) is 5.92 Å². The van der Waals surface area contributed by atoms with Gasteiger partial charge in [0.1, 0.15) is 0 Å². The summed E-state index contributed by atoms with van der Waals surface area (Å²) in [6, 6.07) is 7.70. The normalized spacial score (nSPS) is 18.7. The summed E-state index contributed by atoms with van der Waals surface area (Å²) in [4.78, 5) is 0. The molecule has 0 N–H and O–H groups in total. The summed E-state index contributed by atoms with van der Waals surface area (Å²) >= 11 is 6.28. The summed E-state index contributed by atoms with van der Waals surface area (Å²) in [5, 5.41) is 5.33. The molecular weight excluding hydrogens is 396 g/mol. The molecule has 3 rings (SSSR count). The van der Waals surface area contributed by atoms with Gasteiger partial charge in [0.05, 0.1) is 12.2 Å². The van der Waals surface area contributed by atoms with Gasteiger partial charge in [-0.2, -0.15) is 22.1 Å². The van der Waals surface area contributed by atoms with E-state index in [-0.39, 0.29) is 0 Å². The lowest BCUT2D eigenvalue weighted by Gasteiger charge is -2.33. The first-order chi connectivity index (χ1) is 13.2. The van der Waals surface area contributed by atoms with Crippen molar-refractivity contribution >= 4 is 21.8 Å². The zero-order valence-corrected chi connectivity index (χ0v) is 18.6. The van der Waals surface area contributed by atoms with Gasteiger partial charge < -0.3 is 0 Å². The highest BCUT2D eigenvalue weighted by molar-refractivity contribution is 7.86. The van der Waals surface area contributed by atoms with Crippen molar-refractivity contribution < 1.29 is 8.42 Å². The molecule has 6 nitrogen and oxygen atoms in total. The van der Waals surface area contributed by atoms with Gasteiger partial charge in [-0.1, -0.05) is 36.7 Å². The summed E-state index contributed by atoms with van der Waals surface area (Å²) in [6.07, 6.45) is 2.00. The predicted molar refractivity (Wildman–Crippen MR) is 113 cm³/mol. The van der Waals surface area contributed by atoms with Crippen LogP contribution in [0.4, 0.5) is 0 Å². The Morgan fingerprint density at radius 3 is 2.68 bits per heavy atom. The monoisotopic (exact) mass is 424 g/mol. The van der Waals surface area contributed by atoms with E-state index < -0.39 is 10.2 Å². The smallest absolute Gasteiger partial charge is 0.265 e. The average molecular weight is 425 g/mol. The Kier molecular flexibility index (Phi) is 6.49. The van der Waals surface area contributed by atoms with Gasteiger partial charge in [0.2, 0.25) is 0 Å². The van der Waals surface area contributed by atoms with Gasteiger partial charge in [0.25, 0.3) is 10.2 Å². The molecule has 2 aromatic rings. The second-order valence-electron chi connectivity index (χ2n) is 7.77. The van der Waals surface area contributed by atoms with Crippen LogP contribution in [0, 0.1) is 19.8 Å². The van der Waals surface area contributed by atoms with E-state index in [0.717, 1.165) is 35.4 Å². The number of halogens is 1. The van der Waals surface area contributed by atoms with Gasteiger partial charge in [0, 0.05) is 43.0 Å². The Morgan fingerprint density at radius 1 is 1.29 bits per heavy atom. The second kappa shape index (κ2) is 8.53. The molecule has 8 heteroatoms. The molecule has 0 amide bonds. The molecule has 0 aliphatic carbocycles. The van der Waals surface area contributed by atoms with Crippen molar-refractivity contribution in [1.82, 2.24) is 18.4 Å². The molecule has 1 aliphatic rings. The van der Waals surface area contributed by atoms with Crippen molar-refractivity contribution in [3.63, 3.8) is 0 Å². The molecule has 1 aromatic carbocycles. The van der Waals surface area contributed by atoms with Crippen molar-refractivity contribution in [2.45, 2.75) is 46.7 Å². The molecule has 1 fully saturated rings. The van der Waals surface area contributed by atoms with E-state index in [9.17, 15) is 8.42 Å². The molecule has 2 heterocycles. The van der Waals surface area contributed by atoms with Crippen LogP contribution >= 0.6 is 11.6 Å². The lowest BCUT2D eigenvalue weighted by atomic mass is 10.0. The summed E-state index contributed by atoms with van der Waals surface area (Å²) in [6.45, 7) is 8.08. The van der Waals surface area contributed by atoms with Crippen LogP contribution in [0.3, 0.4) is 0 Å². The molecule has 0 unspecified atom stereocenters. The molecule has 0 radical (unpaired) electrons. The van der Waals surface area contributed by atoms with Gasteiger partial charge in [0.15, 0.2) is 0 Å². The summed E-state index contributed by atoms with van der Waals surface area (Å²) < 4.78 is 31.0. The minimum absolute atomic E-state index is 0.313. The predicted octanol–water partition coefficient (Wildman–Crippen LogP) is 3.61. The van der Waals surface area contributed by atoms with Crippen LogP contribution in [0.15, 0.2) is 24.3 Å². The SMILES string of the molecule is Cc1nn(Cc2ccccc2Cl)c(C)c1CN(C)S(=O)(=O)N1CCC[C@H](C)C1. The highest BCUT2D eigenvalue weighted by atomic mass is 35.5. The minimum Gasteiger partial charge on any atom is -0.265 e. The molecular formula is C20H29ClN4O2S. The third kappa shape index (κ3) is 4.43. The van der Waals surface area contributed by atoms with Crippen molar-refractivity contribution in [2.75, 3.05) is 20.1 Å². The molecule has 1 atom stereocenters. The number of piperidine rings is 1. The van der Waals surface area contributed by atoms with E-state index in [1.165, 1.54) is 4.31 Å². The Hall–Kier alpha value is -1.41. The minimum atomic E-state index is -3.47. The van der Waals surface area contributed by atoms with Crippen LogP contribution in [0.5, 0.6) is 0 Å². The molecule has 0 spiro atoms. The fourth-order valence-electron chi connectivity index (χ4n) is 3.76. The maximum Gasteiger partial charge on any atom is 0.282 e. The fraction of sp³-hybridized carbons (Fsp3) is 0.550. The number of rotatable bonds is 6. The summed E-state index contributed by atoms with van der Waals surface area (Å²) in [5.74, 6) is 0.402. The van der Waals surface area contributed by atoms with Crippen LogP contribution < -0.4 is 0 Å². The molecule has 0 saturated carbocycles. The van der Waals surface area contributed by atoms with E-state index >= 15 is 0 Å². The third-order valence-electron chi connectivity index (χ3n) is 5.53. The number of nitrogens with zero attached hydrogens (tertiary/aromatic N) is 4. The first-order valence-electron chi connectivity index (χ1n) is 9.68. The lowest BCUT2D eigenvalue weighted by Crippen LogP contribution is -2.46. The largest absolute Gasteiger partial charge is 0.282 e. The Bertz CT molecular complexity index is 942. The molecule has 1 aromatic heterocycles. The summed E-state index contributed by atoms with van der Waals surface area (Å²) in [5.41, 5.74) is 3.75. The van der Waals surface area contributed by atoms with Gasteiger partial charge in [-0.3, -0.25) is 4.68 Å². The highest BCUT2D eigenvalue weighted by Gasteiger charge is 2.31. The van der Waals surface area contributed by atoms with Gasteiger partial charge in [-0.05, 0) is 44.2 Å². The van der Waals surface area contributed by atoms with E-state index in [1.54, 1.807) is 11.4 Å². The Morgan fingerprint density at radius 2 is 2.00 bits per heavy atom. The average Bonchev–Trinajstić information content (AvgIpc) is 2.91. The van der Waals surface area contributed by atoms with Crippen molar-refractivity contribution in [3.8, 4) is 0 Å². The summed E-state index contributed by atoms with van der Waals surface area (Å²) in [7, 11) is -1.82. The number of aryl methyl sites for hydroxylation is 1. The number of hydrogen-bond acceptors (Lipinski definition) is 3.